The molecule has 2 aromatic rings. The van der Waals surface area contributed by atoms with E-state index in [1.807, 2.05) is 6.92 Å². The first-order valence-corrected chi connectivity index (χ1v) is 9.58. The summed E-state index contributed by atoms with van der Waals surface area (Å²) in [6.45, 7) is 1.41. The average Bonchev–Trinajstić information content (AvgIpc) is 2.82. The molecular formula is C19H17ClN2O4S. The largest absolute Gasteiger partial charge is 0.452 e. The van der Waals surface area contributed by atoms with E-state index in [0.717, 1.165) is 10.5 Å². The van der Waals surface area contributed by atoms with Crippen molar-refractivity contribution in [1.82, 2.24) is 0 Å². The number of aryl methyl sites for hydroxylation is 1. The lowest BCUT2D eigenvalue weighted by Crippen LogP contribution is -2.21. The molecule has 1 aliphatic heterocycles. The van der Waals surface area contributed by atoms with Crippen LogP contribution in [0.25, 0.3) is 0 Å². The van der Waals surface area contributed by atoms with Gasteiger partial charge in [0.25, 0.3) is 5.91 Å². The Morgan fingerprint density at radius 2 is 2.07 bits per heavy atom. The van der Waals surface area contributed by atoms with Crippen LogP contribution < -0.4 is 10.6 Å². The summed E-state index contributed by atoms with van der Waals surface area (Å²) >= 11 is 7.46. The molecule has 0 atom stereocenters. The number of fused-ring (bicyclic) bond motifs is 1. The molecule has 8 heteroatoms. The van der Waals surface area contributed by atoms with Gasteiger partial charge in [-0.2, -0.15) is 0 Å². The number of amides is 2. The maximum Gasteiger partial charge on any atom is 0.338 e. The number of carbonyl (C=O) groups is 3. The Balaban J connectivity index is 1.61. The summed E-state index contributed by atoms with van der Waals surface area (Å²) in [6.07, 6.45) is 0.419. The zero-order valence-electron chi connectivity index (χ0n) is 14.5. The molecule has 0 spiro atoms. The quantitative estimate of drug-likeness (QED) is 0.755. The predicted octanol–water partition coefficient (Wildman–Crippen LogP) is 3.88. The van der Waals surface area contributed by atoms with E-state index in [1.54, 1.807) is 48.2 Å². The van der Waals surface area contributed by atoms with Gasteiger partial charge in [-0.15, -0.1) is 11.8 Å². The minimum atomic E-state index is -0.640. The molecule has 6 nitrogen and oxygen atoms in total. The fourth-order valence-electron chi connectivity index (χ4n) is 2.48. The second-order valence-corrected chi connectivity index (χ2v) is 7.51. The third-order valence-corrected chi connectivity index (χ3v) is 5.19. The van der Waals surface area contributed by atoms with Crippen LogP contribution in [0.4, 0.5) is 11.4 Å². The molecule has 2 N–H and O–H groups in total. The molecule has 0 fully saturated rings. The average molecular weight is 405 g/mol. The molecule has 27 heavy (non-hydrogen) atoms. The molecule has 140 valence electrons. The molecule has 2 amide bonds. The second kappa shape index (κ2) is 8.45. The Bertz CT molecular complexity index is 917. The Hall–Kier alpha value is -2.51. The number of carbonyl (C=O) groups excluding carboxylic acids is 3. The highest BCUT2D eigenvalue weighted by Crippen LogP contribution is 2.31. The van der Waals surface area contributed by atoms with Crippen molar-refractivity contribution in [3.05, 3.63) is 52.5 Å². The normalized spacial score (nSPS) is 13.2. The van der Waals surface area contributed by atoms with E-state index < -0.39 is 18.5 Å². The van der Waals surface area contributed by atoms with Crippen molar-refractivity contribution < 1.29 is 19.1 Å². The van der Waals surface area contributed by atoms with Gasteiger partial charge in [-0.25, -0.2) is 4.79 Å². The molecule has 1 aliphatic rings. The fourth-order valence-corrected chi connectivity index (χ4v) is 3.59. The Morgan fingerprint density at radius 1 is 1.26 bits per heavy atom. The van der Waals surface area contributed by atoms with Crippen LogP contribution in [-0.4, -0.2) is 30.1 Å². The van der Waals surface area contributed by atoms with Gasteiger partial charge in [-0.3, -0.25) is 9.59 Å². The van der Waals surface area contributed by atoms with Crippen molar-refractivity contribution in [2.75, 3.05) is 23.0 Å². The number of hydrogen-bond donors (Lipinski definition) is 2. The predicted molar refractivity (Wildman–Crippen MR) is 106 cm³/mol. The topological polar surface area (TPSA) is 84.5 Å². The number of benzene rings is 2. The molecule has 0 aromatic heterocycles. The molecule has 0 radical (unpaired) electrons. The van der Waals surface area contributed by atoms with Crippen LogP contribution in [0.3, 0.4) is 0 Å². The van der Waals surface area contributed by atoms with Crippen LogP contribution in [0.2, 0.25) is 5.02 Å². The van der Waals surface area contributed by atoms with Gasteiger partial charge >= 0.3 is 5.97 Å². The molecule has 0 bridgehead atoms. The summed E-state index contributed by atoms with van der Waals surface area (Å²) in [7, 11) is 0. The number of nitrogens with one attached hydrogen (secondary N) is 2. The minimum Gasteiger partial charge on any atom is -0.452 e. The van der Waals surface area contributed by atoms with E-state index in [1.165, 1.54) is 0 Å². The molecule has 2 aromatic carbocycles. The van der Waals surface area contributed by atoms with Crippen LogP contribution >= 0.6 is 23.4 Å². The van der Waals surface area contributed by atoms with Crippen LogP contribution in [-0.2, 0) is 14.3 Å². The first-order chi connectivity index (χ1) is 12.9. The van der Waals surface area contributed by atoms with Gasteiger partial charge in [0.05, 0.1) is 11.3 Å². The second-order valence-electron chi connectivity index (χ2n) is 5.94. The van der Waals surface area contributed by atoms with E-state index >= 15 is 0 Å². The molecule has 0 saturated carbocycles. The lowest BCUT2D eigenvalue weighted by molar-refractivity contribution is -0.119. The van der Waals surface area contributed by atoms with E-state index in [4.69, 9.17) is 16.3 Å². The summed E-state index contributed by atoms with van der Waals surface area (Å²) < 4.78 is 5.08. The Labute approximate surface area is 165 Å². The Kier molecular flexibility index (Phi) is 6.03. The number of anilines is 2. The SMILES string of the molecule is Cc1ccc(Cl)cc1NC(=O)COC(=O)c1ccc2c(c1)NC(=O)CCS2. The third kappa shape index (κ3) is 5.02. The van der Waals surface area contributed by atoms with Gasteiger partial charge in [-0.05, 0) is 42.8 Å². The summed E-state index contributed by atoms with van der Waals surface area (Å²) in [6, 6.07) is 10.1. The molecular weight excluding hydrogens is 388 g/mol. The number of esters is 1. The first kappa shape index (κ1) is 19.3. The van der Waals surface area contributed by atoms with E-state index in [9.17, 15) is 14.4 Å². The highest BCUT2D eigenvalue weighted by atomic mass is 35.5. The first-order valence-electron chi connectivity index (χ1n) is 8.22. The summed E-state index contributed by atoms with van der Waals surface area (Å²) in [5.74, 6) is -0.513. The maximum absolute atomic E-state index is 12.2. The number of rotatable bonds is 4. The molecule has 3 rings (SSSR count). The van der Waals surface area contributed by atoms with Crippen molar-refractivity contribution in [2.45, 2.75) is 18.2 Å². The van der Waals surface area contributed by atoms with Crippen molar-refractivity contribution in [1.29, 1.82) is 0 Å². The maximum atomic E-state index is 12.2. The van der Waals surface area contributed by atoms with Gasteiger partial charge in [0.2, 0.25) is 5.91 Å². The number of hydrogen-bond acceptors (Lipinski definition) is 5. The van der Waals surface area contributed by atoms with Crippen molar-refractivity contribution in [3.63, 3.8) is 0 Å². The van der Waals surface area contributed by atoms with Crippen molar-refractivity contribution in [3.8, 4) is 0 Å². The highest BCUT2D eigenvalue weighted by Gasteiger charge is 2.17. The van der Waals surface area contributed by atoms with Crippen LogP contribution in [0.1, 0.15) is 22.3 Å². The van der Waals surface area contributed by atoms with Crippen LogP contribution in [0.5, 0.6) is 0 Å². The van der Waals surface area contributed by atoms with E-state index in [0.29, 0.717) is 28.6 Å². The van der Waals surface area contributed by atoms with Gasteiger partial charge in [0.15, 0.2) is 6.61 Å². The van der Waals surface area contributed by atoms with Crippen molar-refractivity contribution >= 4 is 52.5 Å². The highest BCUT2D eigenvalue weighted by molar-refractivity contribution is 7.99. The monoisotopic (exact) mass is 404 g/mol. The van der Waals surface area contributed by atoms with Gasteiger partial charge in [0.1, 0.15) is 0 Å². The summed E-state index contributed by atoms with van der Waals surface area (Å²) in [5.41, 5.74) is 2.26. The van der Waals surface area contributed by atoms with Gasteiger partial charge in [0, 0.05) is 27.8 Å². The van der Waals surface area contributed by atoms with E-state index in [-0.39, 0.29) is 11.5 Å². The fraction of sp³-hybridized carbons (Fsp3) is 0.211. The molecule has 0 unspecified atom stereocenters. The lowest BCUT2D eigenvalue weighted by atomic mass is 10.2. The summed E-state index contributed by atoms with van der Waals surface area (Å²) in [5, 5.41) is 5.93. The lowest BCUT2D eigenvalue weighted by Gasteiger charge is -2.11. The molecule has 1 heterocycles. The Morgan fingerprint density at radius 3 is 2.89 bits per heavy atom. The summed E-state index contributed by atoms with van der Waals surface area (Å²) in [4.78, 5) is 36.8. The zero-order chi connectivity index (χ0) is 19.4. The molecule has 0 saturated heterocycles. The third-order valence-electron chi connectivity index (χ3n) is 3.88. The number of ether oxygens (including phenoxy) is 1. The van der Waals surface area contributed by atoms with Crippen molar-refractivity contribution in [2.24, 2.45) is 0 Å². The minimum absolute atomic E-state index is 0.0944. The zero-order valence-corrected chi connectivity index (χ0v) is 16.1. The number of halogens is 1. The molecule has 0 aliphatic carbocycles. The van der Waals surface area contributed by atoms with Crippen LogP contribution in [0, 0.1) is 6.92 Å². The van der Waals surface area contributed by atoms with Gasteiger partial charge < -0.3 is 15.4 Å². The van der Waals surface area contributed by atoms with Gasteiger partial charge in [-0.1, -0.05) is 17.7 Å². The smallest absolute Gasteiger partial charge is 0.338 e. The van der Waals surface area contributed by atoms with E-state index in [2.05, 4.69) is 10.6 Å². The number of thioether (sulfide) groups is 1. The standard InChI is InChI=1S/C19H17ClN2O4S/c1-11-2-4-13(20)9-14(11)21-18(24)10-26-19(25)12-3-5-16-15(8-12)22-17(23)6-7-27-16/h2-5,8-9H,6-7,10H2,1H3,(H,21,24)(H,22,23). The van der Waals surface area contributed by atoms with Crippen LogP contribution in [0.15, 0.2) is 41.3 Å².